The van der Waals surface area contributed by atoms with Gasteiger partial charge in [-0.15, -0.1) is 5.10 Å². The summed E-state index contributed by atoms with van der Waals surface area (Å²) in [6.45, 7) is 14.7. The fourth-order valence-corrected chi connectivity index (χ4v) is 8.84. The standard InChI is InChI=1S/C42H57N7O4S/c1-8-13-16-28-23-27(6)24-29(17-14-9-2)38(28)53-42(51)37-32(26-43)40(45-35-21-22-36(54-35)48(11-4)12-5)49-41(37)46-39(47-49)31-25-30(19-20-33(31)52-7)44-34(50)18-15-10-3/h19-22,25,27-29,38H,8-18,23-24H2,1-7H3,(H,44,50). The molecule has 2 unspecified atom stereocenters. The van der Waals surface area contributed by atoms with Crippen molar-refractivity contribution in [2.24, 2.45) is 22.7 Å². The Morgan fingerprint density at radius 3 is 2.31 bits per heavy atom. The number of aliphatic imine (C=N–C) groups is 1. The summed E-state index contributed by atoms with van der Waals surface area (Å²) in [6.07, 6.45) is 10.2. The molecule has 1 fully saturated rings. The minimum atomic E-state index is -0.571. The third kappa shape index (κ3) is 9.23. The first-order chi connectivity index (χ1) is 26.2. The van der Waals surface area contributed by atoms with Gasteiger partial charge in [0.2, 0.25) is 5.91 Å². The summed E-state index contributed by atoms with van der Waals surface area (Å²) >= 11 is 1.51. The number of allylic oxidation sites excluding steroid dienone is 1. The Kier molecular flexibility index (Phi) is 14.5. The predicted octanol–water partition coefficient (Wildman–Crippen LogP) is 9.81. The molecule has 5 rings (SSSR count). The number of esters is 1. The number of nitrogens with zero attached hydrogens (tertiary/aromatic N) is 6. The summed E-state index contributed by atoms with van der Waals surface area (Å²) in [6, 6.07) is 11.5. The average Bonchev–Trinajstić information content (AvgIpc) is 3.89. The van der Waals surface area contributed by atoms with Crippen LogP contribution in [-0.4, -0.2) is 58.8 Å². The zero-order valence-corrected chi connectivity index (χ0v) is 33.9. The van der Waals surface area contributed by atoms with Gasteiger partial charge in [-0.05, 0) is 94.0 Å². The van der Waals surface area contributed by atoms with Crippen LogP contribution in [0.4, 0.5) is 15.7 Å². The monoisotopic (exact) mass is 755 g/mol. The number of methoxy groups -OCH3 is 1. The number of rotatable bonds is 18. The summed E-state index contributed by atoms with van der Waals surface area (Å²) in [7, 11) is 1.56. The molecular formula is C42H57N7O4S. The van der Waals surface area contributed by atoms with Gasteiger partial charge in [0.1, 0.15) is 34.1 Å². The minimum absolute atomic E-state index is 0.0700. The molecule has 3 aromatic rings. The first-order valence-electron chi connectivity index (χ1n) is 19.9. The van der Waals surface area contributed by atoms with Gasteiger partial charge in [0, 0.05) is 25.2 Å². The van der Waals surface area contributed by atoms with Crippen molar-refractivity contribution in [3.63, 3.8) is 0 Å². The molecular weight excluding hydrogens is 699 g/mol. The number of aromatic nitrogens is 3. The zero-order valence-electron chi connectivity index (χ0n) is 33.1. The predicted molar refractivity (Wildman–Crippen MR) is 217 cm³/mol. The highest BCUT2D eigenvalue weighted by Crippen LogP contribution is 2.43. The van der Waals surface area contributed by atoms with Crippen LogP contribution in [0.2, 0.25) is 0 Å². The number of unbranched alkanes of at least 4 members (excludes halogenated alkanes) is 3. The lowest BCUT2D eigenvalue weighted by Crippen LogP contribution is -2.40. The van der Waals surface area contributed by atoms with Gasteiger partial charge in [-0.3, -0.25) is 4.79 Å². The normalized spacial score (nSPS) is 20.1. The highest BCUT2D eigenvalue weighted by Gasteiger charge is 2.42. The number of carbonyl (C=O) groups excluding carboxylic acids is 2. The quantitative estimate of drug-likeness (QED) is 0.127. The molecule has 2 aliphatic rings. The van der Waals surface area contributed by atoms with Gasteiger partial charge < -0.3 is 19.7 Å². The van der Waals surface area contributed by atoms with Gasteiger partial charge >= 0.3 is 5.97 Å². The van der Waals surface area contributed by atoms with Crippen LogP contribution >= 0.6 is 11.3 Å². The number of benzene rings is 1. The van der Waals surface area contributed by atoms with Gasteiger partial charge in [0.15, 0.2) is 17.5 Å². The summed E-state index contributed by atoms with van der Waals surface area (Å²) in [4.78, 5) is 39.3. The average molecular weight is 756 g/mol. The van der Waals surface area contributed by atoms with Crippen LogP contribution in [0.15, 0.2) is 40.9 Å². The van der Waals surface area contributed by atoms with Crippen molar-refractivity contribution in [2.75, 3.05) is 30.4 Å². The molecule has 12 heteroatoms. The molecule has 1 amide bonds. The molecule has 54 heavy (non-hydrogen) atoms. The van der Waals surface area contributed by atoms with Crippen molar-refractivity contribution in [3.8, 4) is 23.2 Å². The second-order valence-corrected chi connectivity index (χ2v) is 15.6. The van der Waals surface area contributed by atoms with E-state index in [1.807, 2.05) is 19.1 Å². The van der Waals surface area contributed by atoms with E-state index < -0.39 is 5.97 Å². The molecule has 0 saturated heterocycles. The van der Waals surface area contributed by atoms with Crippen LogP contribution in [-0.2, 0) is 14.3 Å². The summed E-state index contributed by atoms with van der Waals surface area (Å²) in [5.74, 6) is 1.58. The van der Waals surface area contributed by atoms with E-state index in [2.05, 4.69) is 50.9 Å². The minimum Gasteiger partial charge on any atom is -0.496 e. The fraction of sp³-hybridized carbons (Fsp3) is 0.571. The van der Waals surface area contributed by atoms with E-state index in [-0.39, 0.29) is 52.5 Å². The number of ether oxygens (including phenoxy) is 2. The van der Waals surface area contributed by atoms with Crippen molar-refractivity contribution < 1.29 is 19.1 Å². The molecule has 3 heterocycles. The smallest absolute Gasteiger partial charge is 0.343 e. The van der Waals surface area contributed by atoms with Crippen molar-refractivity contribution in [1.29, 1.82) is 5.26 Å². The zero-order chi connectivity index (χ0) is 38.8. The van der Waals surface area contributed by atoms with Crippen molar-refractivity contribution in [3.05, 3.63) is 41.7 Å². The number of carbonyl (C=O) groups is 2. The van der Waals surface area contributed by atoms with Crippen molar-refractivity contribution >= 4 is 50.3 Å². The summed E-state index contributed by atoms with van der Waals surface area (Å²) in [5, 5.41) is 20.3. The Labute approximate surface area is 324 Å². The maximum Gasteiger partial charge on any atom is 0.343 e. The Hall–Kier alpha value is -4.50. The fourth-order valence-electron chi connectivity index (χ4n) is 7.83. The van der Waals surface area contributed by atoms with Crippen LogP contribution in [0.3, 0.4) is 0 Å². The summed E-state index contributed by atoms with van der Waals surface area (Å²) in [5.41, 5.74) is 1.26. The van der Waals surface area contributed by atoms with Gasteiger partial charge in [-0.1, -0.05) is 71.1 Å². The number of fused-ring (bicyclic) bond motifs is 1. The molecule has 2 aromatic heterocycles. The lowest BCUT2D eigenvalue weighted by atomic mass is 9.70. The second-order valence-electron chi connectivity index (χ2n) is 14.6. The first kappa shape index (κ1) is 40.7. The molecule has 0 bridgehead atoms. The Morgan fingerprint density at radius 2 is 1.70 bits per heavy atom. The molecule has 0 spiro atoms. The Morgan fingerprint density at radius 1 is 1.02 bits per heavy atom. The van der Waals surface area contributed by atoms with Gasteiger partial charge in [0.05, 0.1) is 17.7 Å². The van der Waals surface area contributed by atoms with Crippen LogP contribution < -0.4 is 15.0 Å². The summed E-state index contributed by atoms with van der Waals surface area (Å²) < 4.78 is 13.8. The molecule has 1 aromatic carbocycles. The molecule has 11 nitrogen and oxygen atoms in total. The molecule has 1 N–H and O–H groups in total. The van der Waals surface area contributed by atoms with Crippen LogP contribution in [0, 0.1) is 29.1 Å². The Balaban J connectivity index is 1.61. The molecule has 1 aliphatic carbocycles. The topological polar surface area (TPSA) is 135 Å². The molecule has 2 atom stereocenters. The number of nitriles is 1. The number of hydrogen-bond acceptors (Lipinski definition) is 10. The molecule has 290 valence electrons. The van der Waals surface area contributed by atoms with Gasteiger partial charge in [0.25, 0.3) is 0 Å². The van der Waals surface area contributed by atoms with E-state index in [1.54, 1.807) is 25.3 Å². The van der Waals surface area contributed by atoms with Crippen LogP contribution in [0.1, 0.15) is 118 Å². The largest absolute Gasteiger partial charge is 0.496 e. The van der Waals surface area contributed by atoms with E-state index in [4.69, 9.17) is 24.5 Å². The second kappa shape index (κ2) is 19.2. The van der Waals surface area contributed by atoms with E-state index in [9.17, 15) is 14.9 Å². The highest BCUT2D eigenvalue weighted by molar-refractivity contribution is 7.19. The van der Waals surface area contributed by atoms with E-state index >= 15 is 0 Å². The van der Waals surface area contributed by atoms with Crippen molar-refractivity contribution in [1.82, 2.24) is 14.8 Å². The lowest BCUT2D eigenvalue weighted by Gasteiger charge is -2.41. The van der Waals surface area contributed by atoms with Crippen LogP contribution in [0.25, 0.3) is 17.0 Å². The van der Waals surface area contributed by atoms with E-state index in [0.717, 1.165) is 82.3 Å². The molecule has 1 aliphatic heterocycles. The van der Waals surface area contributed by atoms with Gasteiger partial charge in [-0.2, -0.15) is 9.94 Å². The lowest BCUT2D eigenvalue weighted by molar-refractivity contribution is -0.152. The third-order valence-electron chi connectivity index (χ3n) is 10.6. The molecule has 1 saturated carbocycles. The number of nitrogens with one attached hydrogen (secondary N) is 1. The third-order valence-corrected chi connectivity index (χ3v) is 11.7. The van der Waals surface area contributed by atoms with E-state index in [1.165, 1.54) is 16.0 Å². The maximum absolute atomic E-state index is 14.6. The number of anilines is 2. The van der Waals surface area contributed by atoms with Gasteiger partial charge in [-0.25, -0.2) is 14.8 Å². The number of thiophene rings is 1. The SMILES string of the molecule is CCCCC(=O)Nc1ccc(OC)c(-c2nc3n(n2)C(=Nc2ccc(N(CC)CC)s2)C(C#N)=C3C(=O)OC2C(CCCC)CC(C)CC2CCCC)c1. The Bertz CT molecular complexity index is 1850. The first-order valence-corrected chi connectivity index (χ1v) is 20.8. The number of amides is 1. The highest BCUT2D eigenvalue weighted by atomic mass is 32.1. The maximum atomic E-state index is 14.6. The number of hydrogen-bond donors (Lipinski definition) is 1. The van der Waals surface area contributed by atoms with Crippen molar-refractivity contribution in [2.45, 2.75) is 118 Å². The van der Waals surface area contributed by atoms with Crippen LogP contribution in [0.5, 0.6) is 5.75 Å². The molecule has 0 radical (unpaired) electrons. The van der Waals surface area contributed by atoms with E-state index in [0.29, 0.717) is 34.3 Å².